The van der Waals surface area contributed by atoms with Gasteiger partial charge >= 0.3 is 0 Å². The summed E-state index contributed by atoms with van der Waals surface area (Å²) < 4.78 is 0. The molecule has 0 saturated heterocycles. The maximum Gasteiger partial charge on any atom is 0.0216 e. The molecule has 0 unspecified atom stereocenters. The van der Waals surface area contributed by atoms with Crippen LogP contribution in [0.4, 0.5) is 0 Å². The van der Waals surface area contributed by atoms with Gasteiger partial charge in [0, 0.05) is 6.54 Å². The average Bonchev–Trinajstić information content (AvgIpc) is 2.73. The third-order valence-electron chi connectivity index (χ3n) is 3.23. The minimum Gasteiger partial charge on any atom is -0.313 e. The van der Waals surface area contributed by atoms with Gasteiger partial charge in [-0.05, 0) is 41.8 Å². The highest BCUT2D eigenvalue weighted by atomic mass is 32.1. The van der Waals surface area contributed by atoms with Crippen LogP contribution < -0.4 is 5.32 Å². The van der Waals surface area contributed by atoms with E-state index < -0.39 is 0 Å². The van der Waals surface area contributed by atoms with Crippen LogP contribution in [0.25, 0.3) is 0 Å². The van der Waals surface area contributed by atoms with E-state index in [9.17, 15) is 0 Å². The predicted molar refractivity (Wildman–Crippen MR) is 78.8 cm³/mol. The summed E-state index contributed by atoms with van der Waals surface area (Å²) in [6.07, 6.45) is 9.75. The maximum atomic E-state index is 3.54. The van der Waals surface area contributed by atoms with Gasteiger partial charge in [-0.25, -0.2) is 0 Å². The van der Waals surface area contributed by atoms with E-state index in [2.05, 4.69) is 29.9 Å². The first-order chi connectivity index (χ1) is 8.34. The monoisotopic (exact) mass is 253 g/mol. The number of hydrogen-bond acceptors (Lipinski definition) is 2. The lowest BCUT2D eigenvalue weighted by atomic mass is 10.1. The number of nitrogens with one attached hydrogen (secondary N) is 1. The molecule has 1 nitrogen and oxygen atoms in total. The fourth-order valence-corrected chi connectivity index (χ4v) is 2.86. The van der Waals surface area contributed by atoms with Crippen LogP contribution in [0.3, 0.4) is 0 Å². The smallest absolute Gasteiger partial charge is 0.0216 e. The summed E-state index contributed by atoms with van der Waals surface area (Å²) >= 11 is 1.81. The van der Waals surface area contributed by atoms with Gasteiger partial charge in [0.2, 0.25) is 0 Å². The lowest BCUT2D eigenvalue weighted by Crippen LogP contribution is -2.14. The highest BCUT2D eigenvalue weighted by Gasteiger charge is 1.97. The van der Waals surface area contributed by atoms with E-state index in [-0.39, 0.29) is 0 Å². The summed E-state index contributed by atoms with van der Waals surface area (Å²) in [6, 6.07) is 0. The van der Waals surface area contributed by atoms with Crippen molar-refractivity contribution >= 4 is 11.3 Å². The minimum absolute atomic E-state index is 1.05. The first-order valence-electron chi connectivity index (χ1n) is 7.07. The molecule has 1 rings (SSSR count). The van der Waals surface area contributed by atoms with Gasteiger partial charge in [0.25, 0.3) is 0 Å². The lowest BCUT2D eigenvalue weighted by Gasteiger charge is -2.04. The number of aryl methyl sites for hydroxylation is 1. The molecule has 0 amide bonds. The molecule has 0 radical (unpaired) electrons. The standard InChI is InChI=1S/C15H27NS/c1-3-4-5-6-7-8-9-10-16-11-15-13-17-12-14(15)2/h12-13,16H,3-11H2,1-2H3. The average molecular weight is 253 g/mol. The molecule has 1 heterocycles. The van der Waals surface area contributed by atoms with Crippen LogP contribution in [0.2, 0.25) is 0 Å². The van der Waals surface area contributed by atoms with Gasteiger partial charge in [-0.3, -0.25) is 0 Å². The van der Waals surface area contributed by atoms with Crippen LogP contribution in [-0.4, -0.2) is 6.54 Å². The molecule has 1 aromatic rings. The van der Waals surface area contributed by atoms with Gasteiger partial charge in [-0.1, -0.05) is 45.4 Å². The molecule has 0 fully saturated rings. The second-order valence-corrected chi connectivity index (χ2v) is 5.62. The summed E-state index contributed by atoms with van der Waals surface area (Å²) in [5.41, 5.74) is 2.90. The Balaban J connectivity index is 1.86. The zero-order valence-electron chi connectivity index (χ0n) is 11.4. The summed E-state index contributed by atoms with van der Waals surface area (Å²) in [7, 11) is 0. The SMILES string of the molecule is CCCCCCCCCNCc1cscc1C. The van der Waals surface area contributed by atoms with Crippen molar-refractivity contribution in [3.63, 3.8) is 0 Å². The molecule has 0 aliphatic carbocycles. The minimum atomic E-state index is 1.05. The van der Waals surface area contributed by atoms with Crippen LogP contribution >= 0.6 is 11.3 Å². The topological polar surface area (TPSA) is 12.0 Å². The zero-order chi connectivity index (χ0) is 12.3. The van der Waals surface area contributed by atoms with Crippen molar-refractivity contribution < 1.29 is 0 Å². The zero-order valence-corrected chi connectivity index (χ0v) is 12.2. The second kappa shape index (κ2) is 9.67. The fourth-order valence-electron chi connectivity index (χ4n) is 2.00. The second-order valence-electron chi connectivity index (χ2n) is 4.88. The molecule has 0 aliphatic rings. The van der Waals surface area contributed by atoms with Gasteiger partial charge in [-0.15, -0.1) is 0 Å². The molecule has 0 saturated carbocycles. The highest BCUT2D eigenvalue weighted by molar-refractivity contribution is 7.08. The third kappa shape index (κ3) is 6.85. The van der Waals surface area contributed by atoms with Gasteiger partial charge in [0.05, 0.1) is 0 Å². The van der Waals surface area contributed by atoms with Crippen LogP contribution in [0.1, 0.15) is 63.0 Å². The molecular formula is C15H27NS. The van der Waals surface area contributed by atoms with Crippen molar-refractivity contribution in [1.82, 2.24) is 5.32 Å². The number of rotatable bonds is 10. The number of unbranched alkanes of at least 4 members (excludes halogenated alkanes) is 6. The van der Waals surface area contributed by atoms with Crippen molar-refractivity contribution in [3.8, 4) is 0 Å². The Morgan fingerprint density at radius 1 is 1.00 bits per heavy atom. The van der Waals surface area contributed by atoms with Crippen LogP contribution in [0.15, 0.2) is 10.8 Å². The quantitative estimate of drug-likeness (QED) is 0.585. The van der Waals surface area contributed by atoms with Crippen LogP contribution in [0.5, 0.6) is 0 Å². The van der Waals surface area contributed by atoms with E-state index in [4.69, 9.17) is 0 Å². The van der Waals surface area contributed by atoms with E-state index in [1.54, 1.807) is 11.3 Å². The molecule has 0 bridgehead atoms. The first kappa shape index (κ1) is 14.7. The Labute approximate surface area is 111 Å². The van der Waals surface area contributed by atoms with Crippen molar-refractivity contribution in [3.05, 3.63) is 21.9 Å². The summed E-state index contributed by atoms with van der Waals surface area (Å²) in [5.74, 6) is 0. The van der Waals surface area contributed by atoms with Crippen molar-refractivity contribution in [2.75, 3.05) is 6.54 Å². The summed E-state index contributed by atoms with van der Waals surface area (Å²) in [6.45, 7) is 6.69. The van der Waals surface area contributed by atoms with Gasteiger partial charge in [-0.2, -0.15) is 11.3 Å². The Hall–Kier alpha value is -0.340. The van der Waals surface area contributed by atoms with E-state index >= 15 is 0 Å². The van der Waals surface area contributed by atoms with Gasteiger partial charge in [0.1, 0.15) is 0 Å². The fraction of sp³-hybridized carbons (Fsp3) is 0.733. The first-order valence-corrected chi connectivity index (χ1v) is 8.01. The van der Waals surface area contributed by atoms with Gasteiger partial charge in [0.15, 0.2) is 0 Å². The predicted octanol–water partition coefficient (Wildman–Crippen LogP) is 4.90. The molecule has 98 valence electrons. The van der Waals surface area contributed by atoms with E-state index in [0.29, 0.717) is 0 Å². The molecule has 0 aliphatic heterocycles. The molecule has 1 aromatic heterocycles. The summed E-state index contributed by atoms with van der Waals surface area (Å²) in [4.78, 5) is 0. The molecule has 0 aromatic carbocycles. The normalized spacial score (nSPS) is 10.9. The molecule has 1 N–H and O–H groups in total. The largest absolute Gasteiger partial charge is 0.313 e. The Kier molecular flexibility index (Phi) is 8.37. The van der Waals surface area contributed by atoms with Crippen molar-refractivity contribution in [1.29, 1.82) is 0 Å². The van der Waals surface area contributed by atoms with E-state index in [0.717, 1.165) is 6.54 Å². The molecular weight excluding hydrogens is 226 g/mol. The molecule has 0 spiro atoms. The number of hydrogen-bond donors (Lipinski definition) is 1. The lowest BCUT2D eigenvalue weighted by molar-refractivity contribution is 0.562. The third-order valence-corrected chi connectivity index (χ3v) is 4.14. The Morgan fingerprint density at radius 3 is 2.35 bits per heavy atom. The number of thiophene rings is 1. The Morgan fingerprint density at radius 2 is 1.71 bits per heavy atom. The van der Waals surface area contributed by atoms with E-state index in [1.807, 2.05) is 0 Å². The Bertz CT molecular complexity index is 280. The molecule has 0 atom stereocenters. The van der Waals surface area contributed by atoms with Gasteiger partial charge < -0.3 is 5.32 Å². The summed E-state index contributed by atoms with van der Waals surface area (Å²) in [5, 5.41) is 8.02. The van der Waals surface area contributed by atoms with E-state index in [1.165, 1.54) is 62.6 Å². The maximum absolute atomic E-state index is 3.54. The van der Waals surface area contributed by atoms with Crippen LogP contribution in [-0.2, 0) is 6.54 Å². The molecule has 2 heteroatoms. The highest BCUT2D eigenvalue weighted by Crippen LogP contribution is 2.13. The van der Waals surface area contributed by atoms with Crippen LogP contribution in [0, 0.1) is 6.92 Å². The molecule has 17 heavy (non-hydrogen) atoms. The van der Waals surface area contributed by atoms with Crippen molar-refractivity contribution in [2.24, 2.45) is 0 Å². The van der Waals surface area contributed by atoms with Crippen molar-refractivity contribution in [2.45, 2.75) is 65.3 Å².